The van der Waals surface area contributed by atoms with Crippen molar-refractivity contribution in [3.8, 4) is 0 Å². The molecule has 2 fully saturated rings. The van der Waals surface area contributed by atoms with E-state index in [2.05, 4.69) is 36.2 Å². The fourth-order valence-corrected chi connectivity index (χ4v) is 6.76. The summed E-state index contributed by atoms with van der Waals surface area (Å²) < 4.78 is 15.2. The number of piperidine rings is 1. The lowest BCUT2D eigenvalue weighted by Crippen LogP contribution is -2.52. The van der Waals surface area contributed by atoms with Crippen molar-refractivity contribution in [3.63, 3.8) is 0 Å². The van der Waals surface area contributed by atoms with E-state index in [4.69, 9.17) is 11.6 Å². The van der Waals surface area contributed by atoms with E-state index in [0.29, 0.717) is 30.3 Å². The molecule has 3 aliphatic heterocycles. The highest BCUT2D eigenvalue weighted by molar-refractivity contribution is 6.30. The predicted molar refractivity (Wildman–Crippen MR) is 156 cm³/mol. The number of amides is 4. The first-order chi connectivity index (χ1) is 20.0. The average molecular weight is 593 g/mol. The molecule has 220 valence electrons. The SMILES string of the molecule is CC1(C)CCC(CN2CCN(C(=O)c3cc(F)c4c(c3)CN(C3CCC(=O)NC3=O)C4=O)C2)=C(c2ccc(Cl)cc2)C1. The monoisotopic (exact) mass is 592 g/mol. The minimum atomic E-state index is -0.842. The lowest BCUT2D eigenvalue weighted by molar-refractivity contribution is -0.136. The van der Waals surface area contributed by atoms with Crippen molar-refractivity contribution >= 4 is 40.8 Å². The van der Waals surface area contributed by atoms with Crippen LogP contribution in [0.15, 0.2) is 42.0 Å². The van der Waals surface area contributed by atoms with E-state index in [1.807, 2.05) is 12.1 Å². The average Bonchev–Trinajstić information content (AvgIpc) is 3.54. The van der Waals surface area contributed by atoms with Gasteiger partial charge in [0.05, 0.1) is 12.2 Å². The largest absolute Gasteiger partial charge is 0.324 e. The number of hydrogen-bond donors (Lipinski definition) is 1. The quantitative estimate of drug-likeness (QED) is 0.512. The van der Waals surface area contributed by atoms with Crippen molar-refractivity contribution in [1.29, 1.82) is 0 Å². The standard InChI is InChI=1S/C32H34ClFN4O4/c1-32(2)10-9-20(24(15-32)19-3-5-23(33)6-4-19)16-36-11-12-37(18-36)30(41)21-13-22-17-38(31(42)28(22)25(34)14-21)26-7-8-27(39)35-29(26)40/h3-6,13-14,26H,7-12,15-18H2,1-2H3,(H,35,39,40). The fourth-order valence-electron chi connectivity index (χ4n) is 6.64. The number of nitrogens with zero attached hydrogens (tertiary/aromatic N) is 3. The number of carbonyl (C=O) groups is 4. The van der Waals surface area contributed by atoms with Gasteiger partial charge in [0.25, 0.3) is 11.8 Å². The Morgan fingerprint density at radius 3 is 2.60 bits per heavy atom. The molecule has 6 rings (SSSR count). The summed E-state index contributed by atoms with van der Waals surface area (Å²) in [6.07, 6.45) is 3.37. The number of allylic oxidation sites excluding steroid dienone is 1. The highest BCUT2D eigenvalue weighted by Crippen LogP contribution is 2.43. The number of rotatable bonds is 5. The molecule has 1 unspecified atom stereocenters. The van der Waals surface area contributed by atoms with Crippen LogP contribution in [-0.2, 0) is 16.1 Å². The van der Waals surface area contributed by atoms with Crippen molar-refractivity contribution in [3.05, 3.63) is 75.1 Å². The predicted octanol–water partition coefficient (Wildman–Crippen LogP) is 4.62. The topological polar surface area (TPSA) is 90.0 Å². The Morgan fingerprint density at radius 1 is 1.10 bits per heavy atom. The molecule has 8 nitrogen and oxygen atoms in total. The van der Waals surface area contributed by atoms with Gasteiger partial charge in [-0.05, 0) is 72.1 Å². The van der Waals surface area contributed by atoms with Crippen molar-refractivity contribution < 1.29 is 23.6 Å². The summed E-state index contributed by atoms with van der Waals surface area (Å²) in [5.74, 6) is -2.60. The smallest absolute Gasteiger partial charge is 0.258 e. The molecule has 1 N–H and O–H groups in total. The van der Waals surface area contributed by atoms with Crippen molar-refractivity contribution in [2.45, 2.75) is 58.5 Å². The van der Waals surface area contributed by atoms with E-state index in [-0.39, 0.29) is 47.7 Å². The number of benzene rings is 2. The number of imide groups is 1. The molecule has 1 atom stereocenters. The van der Waals surface area contributed by atoms with E-state index in [1.54, 1.807) is 11.0 Å². The Balaban J connectivity index is 1.16. The molecule has 42 heavy (non-hydrogen) atoms. The van der Waals surface area contributed by atoms with E-state index in [0.717, 1.165) is 31.9 Å². The Morgan fingerprint density at radius 2 is 1.86 bits per heavy atom. The van der Waals surface area contributed by atoms with Crippen molar-refractivity contribution in [2.24, 2.45) is 5.41 Å². The zero-order valence-corrected chi connectivity index (χ0v) is 24.6. The van der Waals surface area contributed by atoms with Gasteiger partial charge in [0.1, 0.15) is 11.9 Å². The molecule has 2 aromatic carbocycles. The lowest BCUT2D eigenvalue weighted by Gasteiger charge is -2.35. The molecular weight excluding hydrogens is 559 g/mol. The third-order valence-electron chi connectivity index (χ3n) is 8.96. The molecule has 0 aromatic heterocycles. The zero-order chi connectivity index (χ0) is 29.8. The Labute approximate surface area is 249 Å². The van der Waals surface area contributed by atoms with Crippen LogP contribution >= 0.6 is 11.6 Å². The minimum absolute atomic E-state index is 0.0165. The van der Waals surface area contributed by atoms with Crippen LogP contribution in [0.3, 0.4) is 0 Å². The van der Waals surface area contributed by atoms with E-state index >= 15 is 4.39 Å². The molecule has 2 aromatic rings. The molecular formula is C32H34ClFN4O4. The maximum Gasteiger partial charge on any atom is 0.258 e. The maximum atomic E-state index is 15.2. The molecule has 0 bridgehead atoms. The first-order valence-corrected chi connectivity index (χ1v) is 14.8. The van der Waals surface area contributed by atoms with E-state index in [9.17, 15) is 19.2 Å². The van der Waals surface area contributed by atoms with Crippen molar-refractivity contribution in [1.82, 2.24) is 20.0 Å². The number of nitrogens with one attached hydrogen (secondary N) is 1. The summed E-state index contributed by atoms with van der Waals surface area (Å²) in [6.45, 7) is 7.02. The minimum Gasteiger partial charge on any atom is -0.324 e. The van der Waals surface area contributed by atoms with Gasteiger partial charge in [0.15, 0.2) is 0 Å². The van der Waals surface area contributed by atoms with Crippen LogP contribution in [0.4, 0.5) is 4.39 Å². The summed E-state index contributed by atoms with van der Waals surface area (Å²) in [5, 5.41) is 2.96. The lowest BCUT2D eigenvalue weighted by atomic mass is 9.72. The highest BCUT2D eigenvalue weighted by Gasteiger charge is 2.41. The van der Waals surface area contributed by atoms with Gasteiger partial charge in [-0.1, -0.05) is 43.2 Å². The highest BCUT2D eigenvalue weighted by atomic mass is 35.5. The van der Waals surface area contributed by atoms with Gasteiger partial charge in [0, 0.05) is 43.2 Å². The summed E-state index contributed by atoms with van der Waals surface area (Å²) in [5.41, 5.74) is 4.57. The zero-order valence-electron chi connectivity index (χ0n) is 23.8. The van der Waals surface area contributed by atoms with Gasteiger partial charge in [-0.25, -0.2) is 4.39 Å². The first-order valence-electron chi connectivity index (χ1n) is 14.4. The Bertz CT molecular complexity index is 1520. The third-order valence-corrected chi connectivity index (χ3v) is 9.21. The summed E-state index contributed by atoms with van der Waals surface area (Å²) in [7, 11) is 0. The van der Waals surface area contributed by atoms with Gasteiger partial charge < -0.3 is 9.80 Å². The fraction of sp³-hybridized carbons (Fsp3) is 0.438. The molecule has 4 aliphatic rings. The number of fused-ring (bicyclic) bond motifs is 1. The Kier molecular flexibility index (Phi) is 7.43. The summed E-state index contributed by atoms with van der Waals surface area (Å²) in [4.78, 5) is 55.6. The van der Waals surface area contributed by atoms with Gasteiger partial charge in [0.2, 0.25) is 11.8 Å². The second-order valence-corrected chi connectivity index (χ2v) is 13.0. The number of halogens is 2. The van der Waals surface area contributed by atoms with Crippen molar-refractivity contribution in [2.75, 3.05) is 26.3 Å². The first kappa shape index (κ1) is 28.6. The van der Waals surface area contributed by atoms with Crippen LogP contribution in [0.1, 0.15) is 77.8 Å². The normalized spacial score (nSPS) is 22.6. The molecule has 10 heteroatoms. The molecule has 0 saturated carbocycles. The molecule has 1 aliphatic carbocycles. The molecule has 3 heterocycles. The number of carbonyl (C=O) groups excluding carboxylic acids is 4. The second kappa shape index (κ2) is 10.9. The molecule has 0 spiro atoms. The third kappa shape index (κ3) is 5.47. The molecule has 2 saturated heterocycles. The number of hydrogen-bond acceptors (Lipinski definition) is 5. The van der Waals surface area contributed by atoms with Crippen LogP contribution in [0.25, 0.3) is 5.57 Å². The van der Waals surface area contributed by atoms with Crippen LogP contribution in [0.2, 0.25) is 5.02 Å². The van der Waals surface area contributed by atoms with Crippen LogP contribution < -0.4 is 5.32 Å². The van der Waals surface area contributed by atoms with E-state index < -0.39 is 23.7 Å². The van der Waals surface area contributed by atoms with Gasteiger partial charge in [-0.3, -0.25) is 29.4 Å². The van der Waals surface area contributed by atoms with Gasteiger partial charge in [-0.2, -0.15) is 0 Å². The van der Waals surface area contributed by atoms with Crippen LogP contribution in [0.5, 0.6) is 0 Å². The van der Waals surface area contributed by atoms with Gasteiger partial charge in [-0.15, -0.1) is 0 Å². The van der Waals surface area contributed by atoms with Crippen LogP contribution in [-0.4, -0.2) is 70.7 Å². The molecule has 4 amide bonds. The maximum absolute atomic E-state index is 15.2. The second-order valence-electron chi connectivity index (χ2n) is 12.6. The van der Waals surface area contributed by atoms with Gasteiger partial charge >= 0.3 is 0 Å². The summed E-state index contributed by atoms with van der Waals surface area (Å²) >= 11 is 6.15. The Hall–Kier alpha value is -3.56. The van der Waals surface area contributed by atoms with E-state index in [1.165, 1.54) is 21.6 Å². The molecule has 0 radical (unpaired) electrons. The van der Waals surface area contributed by atoms with Crippen LogP contribution in [0, 0.1) is 11.2 Å². The summed E-state index contributed by atoms with van der Waals surface area (Å²) in [6, 6.07) is 9.85.